The van der Waals surface area contributed by atoms with E-state index in [9.17, 15) is 4.79 Å². The van der Waals surface area contributed by atoms with E-state index in [1.807, 2.05) is 31.3 Å². The molecule has 8 heteroatoms. The molecule has 0 spiro atoms. The van der Waals surface area contributed by atoms with Crippen LogP contribution in [0.2, 0.25) is 0 Å². The van der Waals surface area contributed by atoms with E-state index in [0.29, 0.717) is 5.95 Å². The van der Waals surface area contributed by atoms with Gasteiger partial charge in [0.25, 0.3) is 5.95 Å². The Morgan fingerprint density at radius 2 is 1.90 bits per heavy atom. The lowest BCUT2D eigenvalue weighted by molar-refractivity contribution is -0.114. The molecule has 8 nitrogen and oxygen atoms in total. The number of nitrogens with one attached hydrogen (secondary N) is 1. The number of anilines is 2. The highest BCUT2D eigenvalue weighted by molar-refractivity contribution is 5.89. The summed E-state index contributed by atoms with van der Waals surface area (Å²) in [5.41, 5.74) is 4.08. The fraction of sp³-hybridized carbons (Fsp3) is 0.304. The van der Waals surface area contributed by atoms with Gasteiger partial charge in [-0.1, -0.05) is 18.2 Å². The quantitative estimate of drug-likeness (QED) is 0.664. The van der Waals surface area contributed by atoms with Crippen LogP contribution < -0.4 is 10.2 Å². The highest BCUT2D eigenvalue weighted by Gasteiger charge is 2.16. The van der Waals surface area contributed by atoms with Crippen LogP contribution in [0.1, 0.15) is 18.2 Å². The first-order chi connectivity index (χ1) is 15.1. The van der Waals surface area contributed by atoms with Crippen molar-refractivity contribution < 1.29 is 4.79 Å². The molecule has 3 aromatic rings. The van der Waals surface area contributed by atoms with Gasteiger partial charge >= 0.3 is 0 Å². The Bertz CT molecular complexity index is 1050. The molecule has 1 aromatic carbocycles. The number of carbonyl (C=O) groups is 1. The average molecular weight is 418 g/mol. The van der Waals surface area contributed by atoms with Crippen LogP contribution in [0.3, 0.4) is 0 Å². The van der Waals surface area contributed by atoms with Gasteiger partial charge in [0.05, 0.1) is 11.9 Å². The zero-order valence-corrected chi connectivity index (χ0v) is 17.9. The van der Waals surface area contributed by atoms with Crippen LogP contribution >= 0.6 is 0 Å². The minimum Gasteiger partial charge on any atom is -0.369 e. The Morgan fingerprint density at radius 3 is 2.65 bits per heavy atom. The van der Waals surface area contributed by atoms with Gasteiger partial charge in [0, 0.05) is 69.0 Å². The van der Waals surface area contributed by atoms with Crippen molar-refractivity contribution in [2.24, 2.45) is 0 Å². The van der Waals surface area contributed by atoms with E-state index >= 15 is 0 Å². The number of hydrogen-bond acceptors (Lipinski definition) is 6. The van der Waals surface area contributed by atoms with Crippen LogP contribution in [-0.4, -0.2) is 63.3 Å². The van der Waals surface area contributed by atoms with Gasteiger partial charge in [-0.25, -0.2) is 14.6 Å². The molecular formula is C23H27N7O. The second-order valence-corrected chi connectivity index (χ2v) is 7.57. The molecule has 31 heavy (non-hydrogen) atoms. The van der Waals surface area contributed by atoms with Gasteiger partial charge in [-0.3, -0.25) is 9.69 Å². The van der Waals surface area contributed by atoms with Crippen molar-refractivity contribution in [3.63, 3.8) is 0 Å². The monoisotopic (exact) mass is 417 g/mol. The zero-order valence-electron chi connectivity index (χ0n) is 17.9. The summed E-state index contributed by atoms with van der Waals surface area (Å²) in [5.74, 6) is 0.532. The largest absolute Gasteiger partial charge is 0.369 e. The van der Waals surface area contributed by atoms with Gasteiger partial charge in [-0.15, -0.1) is 0 Å². The second-order valence-electron chi connectivity index (χ2n) is 7.57. The number of benzene rings is 1. The molecule has 0 unspecified atom stereocenters. The Morgan fingerprint density at radius 1 is 1.13 bits per heavy atom. The maximum absolute atomic E-state index is 11.3. The first-order valence-corrected chi connectivity index (χ1v) is 10.4. The Kier molecular flexibility index (Phi) is 6.37. The van der Waals surface area contributed by atoms with Crippen LogP contribution in [0.25, 0.3) is 12.0 Å². The van der Waals surface area contributed by atoms with Crippen molar-refractivity contribution in [2.75, 3.05) is 42.9 Å². The second kappa shape index (κ2) is 9.53. The number of rotatable bonds is 6. The summed E-state index contributed by atoms with van der Waals surface area (Å²) < 4.78 is 1.76. The average Bonchev–Trinajstić information content (AvgIpc) is 3.15. The topological polar surface area (TPSA) is 79.2 Å². The van der Waals surface area contributed by atoms with E-state index in [2.05, 4.69) is 48.4 Å². The Hall–Kier alpha value is -3.52. The lowest BCUT2D eigenvalue weighted by atomic mass is 10.2. The predicted molar refractivity (Wildman–Crippen MR) is 122 cm³/mol. The third kappa shape index (κ3) is 5.16. The number of carbonyl (C=O) groups excluding carboxylic acids is 1. The molecule has 0 saturated carbocycles. The molecule has 0 radical (unpaired) electrons. The number of hydrogen-bond donors (Lipinski definition) is 1. The van der Waals surface area contributed by atoms with Crippen LogP contribution in [0.15, 0.2) is 55.0 Å². The molecule has 2 aromatic heterocycles. The summed E-state index contributed by atoms with van der Waals surface area (Å²) in [6.45, 7) is 8.35. The molecular weight excluding hydrogens is 390 g/mol. The molecule has 0 atom stereocenters. The summed E-state index contributed by atoms with van der Waals surface area (Å²) in [6.07, 6.45) is 9.59. The normalized spacial score (nSPS) is 14.8. The van der Waals surface area contributed by atoms with Gasteiger partial charge in [0.2, 0.25) is 5.91 Å². The number of amides is 1. The maximum Gasteiger partial charge on any atom is 0.250 e. The van der Waals surface area contributed by atoms with Crippen molar-refractivity contribution in [3.05, 3.63) is 66.3 Å². The van der Waals surface area contributed by atoms with Gasteiger partial charge < -0.3 is 10.2 Å². The van der Waals surface area contributed by atoms with Crippen molar-refractivity contribution >= 4 is 23.4 Å². The predicted octanol–water partition coefficient (Wildman–Crippen LogP) is 2.76. The fourth-order valence-electron chi connectivity index (χ4n) is 3.69. The van der Waals surface area contributed by atoms with Gasteiger partial charge in [0.15, 0.2) is 0 Å². The van der Waals surface area contributed by atoms with Gasteiger partial charge in [-0.05, 0) is 31.2 Å². The molecule has 1 fully saturated rings. The Labute approximate surface area is 182 Å². The Balaban J connectivity index is 1.31. The highest BCUT2D eigenvalue weighted by Crippen LogP contribution is 2.21. The molecule has 1 aliphatic heterocycles. The van der Waals surface area contributed by atoms with Crippen molar-refractivity contribution in [3.8, 4) is 5.95 Å². The first kappa shape index (κ1) is 20.7. The van der Waals surface area contributed by atoms with Crippen LogP contribution in [0.4, 0.5) is 11.4 Å². The summed E-state index contributed by atoms with van der Waals surface area (Å²) in [7, 11) is 0. The van der Waals surface area contributed by atoms with Crippen molar-refractivity contribution in [1.82, 2.24) is 24.6 Å². The van der Waals surface area contributed by atoms with Gasteiger partial charge in [-0.2, -0.15) is 5.10 Å². The molecule has 4 rings (SSSR count). The van der Waals surface area contributed by atoms with E-state index < -0.39 is 0 Å². The molecule has 1 saturated heterocycles. The lowest BCUT2D eigenvalue weighted by Crippen LogP contribution is -2.46. The standard InChI is InChI=1S/C23H27N7O/c1-18-20(17-26-30(18)23-24-9-5-10-25-23)6-4-11-28-12-14-29(15-13-28)22-8-3-7-21(16-22)27-19(2)31/h3-10,16-17H,11-15H2,1-2H3,(H,27,31)/b6-4+. The van der Waals surface area contributed by atoms with Crippen molar-refractivity contribution in [1.29, 1.82) is 0 Å². The summed E-state index contributed by atoms with van der Waals surface area (Å²) >= 11 is 0. The number of piperazine rings is 1. The van der Waals surface area contributed by atoms with Crippen LogP contribution in [0.5, 0.6) is 0 Å². The minimum atomic E-state index is -0.0502. The summed E-state index contributed by atoms with van der Waals surface area (Å²) in [5, 5.41) is 7.27. The summed E-state index contributed by atoms with van der Waals surface area (Å²) in [4.78, 5) is 24.6. The molecule has 1 N–H and O–H groups in total. The highest BCUT2D eigenvalue weighted by atomic mass is 16.1. The van der Waals surface area contributed by atoms with E-state index in [-0.39, 0.29) is 5.91 Å². The van der Waals surface area contributed by atoms with E-state index in [1.165, 1.54) is 6.92 Å². The zero-order chi connectivity index (χ0) is 21.6. The SMILES string of the molecule is CC(=O)Nc1cccc(N2CCN(C/C=C/c3cnn(-c4ncccn4)c3C)CC2)c1. The van der Waals surface area contributed by atoms with Crippen molar-refractivity contribution in [2.45, 2.75) is 13.8 Å². The first-order valence-electron chi connectivity index (χ1n) is 10.4. The molecule has 160 valence electrons. The van der Waals surface area contributed by atoms with Crippen LogP contribution in [0, 0.1) is 6.92 Å². The van der Waals surface area contributed by atoms with E-state index in [0.717, 1.165) is 55.4 Å². The number of nitrogens with zero attached hydrogens (tertiary/aromatic N) is 6. The van der Waals surface area contributed by atoms with Crippen LogP contribution in [-0.2, 0) is 4.79 Å². The number of aromatic nitrogens is 4. The molecule has 3 heterocycles. The molecule has 0 aliphatic carbocycles. The fourth-order valence-corrected chi connectivity index (χ4v) is 3.69. The third-order valence-corrected chi connectivity index (χ3v) is 5.35. The smallest absolute Gasteiger partial charge is 0.250 e. The lowest BCUT2D eigenvalue weighted by Gasteiger charge is -2.35. The maximum atomic E-state index is 11.3. The molecule has 0 bridgehead atoms. The van der Waals surface area contributed by atoms with E-state index in [4.69, 9.17) is 0 Å². The van der Waals surface area contributed by atoms with Gasteiger partial charge in [0.1, 0.15) is 0 Å². The third-order valence-electron chi connectivity index (χ3n) is 5.35. The molecule has 1 aliphatic rings. The van der Waals surface area contributed by atoms with E-state index in [1.54, 1.807) is 23.1 Å². The minimum absolute atomic E-state index is 0.0502. The summed E-state index contributed by atoms with van der Waals surface area (Å²) in [6, 6.07) is 9.83. The molecule has 1 amide bonds.